The van der Waals surface area contributed by atoms with Gasteiger partial charge in [0.25, 0.3) is 0 Å². The molecule has 1 amide bonds. The summed E-state index contributed by atoms with van der Waals surface area (Å²) in [6, 6.07) is 10.1. The van der Waals surface area contributed by atoms with Gasteiger partial charge >= 0.3 is 0 Å². The van der Waals surface area contributed by atoms with Crippen LogP contribution < -0.4 is 5.32 Å². The predicted molar refractivity (Wildman–Crippen MR) is 115 cm³/mol. The van der Waals surface area contributed by atoms with Gasteiger partial charge in [-0.1, -0.05) is 37.3 Å². The Hall–Kier alpha value is -1.63. The zero-order chi connectivity index (χ0) is 17.9. The highest BCUT2D eigenvalue weighted by atomic mass is 35.5. The SMILES string of the molecule is CC(CC(=O)N1CCn2c(nnc2-c2ccccc2)C1)C1CCCNC1.Cl.Cl. The number of carbonyl (C=O) groups excluding carboxylic acids is 1. The van der Waals surface area contributed by atoms with Crippen LogP contribution >= 0.6 is 24.8 Å². The van der Waals surface area contributed by atoms with Crippen LogP contribution in [0.2, 0.25) is 0 Å². The van der Waals surface area contributed by atoms with Crippen LogP contribution in [-0.2, 0) is 17.9 Å². The molecule has 1 aromatic carbocycles. The Labute approximate surface area is 178 Å². The lowest BCUT2D eigenvalue weighted by Crippen LogP contribution is -2.40. The van der Waals surface area contributed by atoms with Crippen molar-refractivity contribution in [1.82, 2.24) is 25.0 Å². The van der Waals surface area contributed by atoms with E-state index in [1.165, 1.54) is 12.8 Å². The van der Waals surface area contributed by atoms with Crippen molar-refractivity contribution in [3.63, 3.8) is 0 Å². The molecule has 2 atom stereocenters. The maximum atomic E-state index is 12.8. The molecule has 1 saturated heterocycles. The van der Waals surface area contributed by atoms with Gasteiger partial charge in [0, 0.05) is 25.1 Å². The number of carbonyl (C=O) groups is 1. The summed E-state index contributed by atoms with van der Waals surface area (Å²) in [5.41, 5.74) is 1.07. The van der Waals surface area contributed by atoms with Crippen LogP contribution in [0.3, 0.4) is 0 Å². The average molecular weight is 426 g/mol. The first kappa shape index (κ1) is 22.7. The number of benzene rings is 1. The van der Waals surface area contributed by atoms with E-state index >= 15 is 0 Å². The molecule has 4 rings (SSSR count). The van der Waals surface area contributed by atoms with E-state index in [2.05, 4.69) is 39.1 Å². The lowest BCUT2D eigenvalue weighted by atomic mass is 9.85. The number of halogens is 2. The molecule has 2 aliphatic rings. The molecule has 0 bridgehead atoms. The molecule has 1 aromatic heterocycles. The number of piperidine rings is 1. The van der Waals surface area contributed by atoms with E-state index in [0.29, 0.717) is 24.8 Å². The zero-order valence-corrected chi connectivity index (χ0v) is 17.8. The fourth-order valence-corrected chi connectivity index (χ4v) is 4.11. The smallest absolute Gasteiger partial charge is 0.223 e. The molecule has 6 nitrogen and oxygen atoms in total. The number of nitrogens with one attached hydrogen (secondary N) is 1. The molecule has 8 heteroatoms. The number of amides is 1. The van der Waals surface area contributed by atoms with Crippen LogP contribution in [0, 0.1) is 11.8 Å². The number of hydrogen-bond donors (Lipinski definition) is 1. The molecule has 2 aromatic rings. The molecular weight excluding hydrogens is 397 g/mol. The van der Waals surface area contributed by atoms with Crippen molar-refractivity contribution in [1.29, 1.82) is 0 Å². The van der Waals surface area contributed by atoms with Crippen molar-refractivity contribution in [2.24, 2.45) is 11.8 Å². The summed E-state index contributed by atoms with van der Waals surface area (Å²) < 4.78 is 2.15. The van der Waals surface area contributed by atoms with E-state index in [9.17, 15) is 4.79 Å². The topological polar surface area (TPSA) is 63.1 Å². The lowest BCUT2D eigenvalue weighted by Gasteiger charge is -2.32. The first-order valence-electron chi connectivity index (χ1n) is 9.68. The number of rotatable bonds is 4. The van der Waals surface area contributed by atoms with Crippen LogP contribution in [0.15, 0.2) is 30.3 Å². The van der Waals surface area contributed by atoms with Crippen LogP contribution in [0.1, 0.15) is 32.0 Å². The Kier molecular flexibility index (Phi) is 8.28. The maximum absolute atomic E-state index is 12.8. The minimum atomic E-state index is 0. The number of hydrogen-bond acceptors (Lipinski definition) is 4. The van der Waals surface area contributed by atoms with Gasteiger partial charge in [-0.2, -0.15) is 0 Å². The van der Waals surface area contributed by atoms with E-state index in [1.807, 2.05) is 23.1 Å². The Bertz CT molecular complexity index is 761. The van der Waals surface area contributed by atoms with Crippen molar-refractivity contribution in [2.45, 2.75) is 39.3 Å². The Morgan fingerprint density at radius 1 is 1.21 bits per heavy atom. The first-order valence-corrected chi connectivity index (χ1v) is 9.68. The Morgan fingerprint density at radius 3 is 2.71 bits per heavy atom. The highest BCUT2D eigenvalue weighted by molar-refractivity contribution is 5.85. The van der Waals surface area contributed by atoms with Gasteiger partial charge in [0.05, 0.1) is 6.54 Å². The molecule has 1 N–H and O–H groups in total. The second-order valence-corrected chi connectivity index (χ2v) is 7.56. The third-order valence-electron chi connectivity index (χ3n) is 5.77. The first-order chi connectivity index (χ1) is 12.7. The van der Waals surface area contributed by atoms with Crippen LogP contribution in [-0.4, -0.2) is 45.2 Å². The minimum Gasteiger partial charge on any atom is -0.333 e. The van der Waals surface area contributed by atoms with Crippen molar-refractivity contribution in [3.8, 4) is 11.4 Å². The molecule has 1 fully saturated rings. The second kappa shape index (κ2) is 10.2. The quantitative estimate of drug-likeness (QED) is 0.816. The molecule has 0 saturated carbocycles. The fraction of sp³-hybridized carbons (Fsp3) is 0.550. The number of fused-ring (bicyclic) bond motifs is 1. The summed E-state index contributed by atoms with van der Waals surface area (Å²) in [6.07, 6.45) is 3.08. The average Bonchev–Trinajstić information content (AvgIpc) is 3.12. The summed E-state index contributed by atoms with van der Waals surface area (Å²) in [5, 5.41) is 12.2. The van der Waals surface area contributed by atoms with E-state index in [-0.39, 0.29) is 30.7 Å². The molecule has 0 aliphatic carbocycles. The Balaban J connectivity index is 0.00000140. The highest BCUT2D eigenvalue weighted by Gasteiger charge is 2.28. The summed E-state index contributed by atoms with van der Waals surface area (Å²) >= 11 is 0. The van der Waals surface area contributed by atoms with Gasteiger partial charge in [-0.25, -0.2) is 0 Å². The van der Waals surface area contributed by atoms with Crippen molar-refractivity contribution < 1.29 is 4.79 Å². The summed E-state index contributed by atoms with van der Waals surface area (Å²) in [5.74, 6) is 3.07. The standard InChI is InChI=1S/C20H27N5O.2ClH/c1-15(17-8-5-9-21-13-17)12-19(26)24-10-11-25-18(14-24)22-23-20(25)16-6-3-2-4-7-16;;/h2-4,6-7,15,17,21H,5,8-14H2,1H3;2*1H. The zero-order valence-electron chi connectivity index (χ0n) is 16.2. The van der Waals surface area contributed by atoms with E-state index in [1.54, 1.807) is 0 Å². The van der Waals surface area contributed by atoms with Gasteiger partial charge in [-0.3, -0.25) is 4.79 Å². The maximum Gasteiger partial charge on any atom is 0.223 e. The number of nitrogens with zero attached hydrogens (tertiary/aromatic N) is 4. The molecule has 2 aliphatic heterocycles. The lowest BCUT2D eigenvalue weighted by molar-refractivity contribution is -0.134. The van der Waals surface area contributed by atoms with E-state index in [4.69, 9.17) is 0 Å². The monoisotopic (exact) mass is 425 g/mol. The van der Waals surface area contributed by atoms with Gasteiger partial charge in [0.15, 0.2) is 11.6 Å². The van der Waals surface area contributed by atoms with Crippen LogP contribution in [0.5, 0.6) is 0 Å². The van der Waals surface area contributed by atoms with E-state index in [0.717, 1.165) is 43.4 Å². The van der Waals surface area contributed by atoms with Crippen LogP contribution in [0.4, 0.5) is 0 Å². The third-order valence-corrected chi connectivity index (χ3v) is 5.77. The predicted octanol–water partition coefficient (Wildman–Crippen LogP) is 3.16. The van der Waals surface area contributed by atoms with E-state index < -0.39 is 0 Å². The highest BCUT2D eigenvalue weighted by Crippen LogP contribution is 2.25. The molecule has 0 spiro atoms. The second-order valence-electron chi connectivity index (χ2n) is 7.56. The number of aromatic nitrogens is 3. The van der Waals surface area contributed by atoms with Gasteiger partial charge in [-0.05, 0) is 37.8 Å². The minimum absolute atomic E-state index is 0. The molecule has 0 radical (unpaired) electrons. The van der Waals surface area contributed by atoms with Gasteiger partial charge in [-0.15, -0.1) is 35.0 Å². The summed E-state index contributed by atoms with van der Waals surface area (Å²) in [4.78, 5) is 14.7. The van der Waals surface area contributed by atoms with Crippen LogP contribution in [0.25, 0.3) is 11.4 Å². The molecule has 2 unspecified atom stereocenters. The molecule has 28 heavy (non-hydrogen) atoms. The molecule has 3 heterocycles. The third kappa shape index (κ3) is 4.85. The summed E-state index contributed by atoms with van der Waals surface area (Å²) in [7, 11) is 0. The largest absolute Gasteiger partial charge is 0.333 e. The fourth-order valence-electron chi connectivity index (χ4n) is 4.11. The van der Waals surface area contributed by atoms with Crippen molar-refractivity contribution in [3.05, 3.63) is 36.2 Å². The van der Waals surface area contributed by atoms with Crippen molar-refractivity contribution in [2.75, 3.05) is 19.6 Å². The summed E-state index contributed by atoms with van der Waals surface area (Å²) in [6.45, 7) is 6.44. The Morgan fingerprint density at radius 2 is 2.00 bits per heavy atom. The molecule has 154 valence electrons. The van der Waals surface area contributed by atoms with Gasteiger partial charge < -0.3 is 14.8 Å². The molecular formula is C20H29Cl2N5O. The normalized spacial score (nSPS) is 19.8. The van der Waals surface area contributed by atoms with Crippen molar-refractivity contribution >= 4 is 30.7 Å². The van der Waals surface area contributed by atoms with Gasteiger partial charge in [0.1, 0.15) is 0 Å². The van der Waals surface area contributed by atoms with Gasteiger partial charge in [0.2, 0.25) is 5.91 Å².